The molecule has 1 aliphatic rings. The molecule has 0 aliphatic carbocycles. The maximum Gasteiger partial charge on any atom is 0.160 e. The van der Waals surface area contributed by atoms with Crippen LogP contribution in [-0.4, -0.2) is 62.9 Å². The van der Waals surface area contributed by atoms with Gasteiger partial charge in [-0.25, -0.2) is 0 Å². The van der Waals surface area contributed by atoms with Gasteiger partial charge in [-0.3, -0.25) is 4.90 Å². The zero-order valence-corrected chi connectivity index (χ0v) is 13.6. The Kier molecular flexibility index (Phi) is 5.08. The maximum atomic E-state index is 6.57. The van der Waals surface area contributed by atoms with E-state index in [1.807, 2.05) is 12.1 Å². The molecule has 1 aliphatic heterocycles. The second-order valence-electron chi connectivity index (χ2n) is 6.01. The van der Waals surface area contributed by atoms with Crippen molar-refractivity contribution in [2.45, 2.75) is 19.0 Å². The van der Waals surface area contributed by atoms with Crippen LogP contribution in [0, 0.1) is 0 Å². The fourth-order valence-electron chi connectivity index (χ4n) is 2.83. The van der Waals surface area contributed by atoms with Crippen LogP contribution in [0.2, 0.25) is 0 Å². The maximum absolute atomic E-state index is 6.57. The lowest BCUT2D eigenvalue weighted by atomic mass is 9.99. The number of rotatable bonds is 5. The van der Waals surface area contributed by atoms with Crippen molar-refractivity contribution in [1.82, 2.24) is 9.80 Å². The zero-order valence-electron chi connectivity index (χ0n) is 13.6. The molecule has 0 amide bonds. The van der Waals surface area contributed by atoms with Crippen molar-refractivity contribution in [3.05, 3.63) is 23.8 Å². The average molecular weight is 293 g/mol. The summed E-state index contributed by atoms with van der Waals surface area (Å²) in [7, 11) is 5.46. The molecule has 1 aromatic rings. The molecule has 2 N–H and O–H groups in total. The van der Waals surface area contributed by atoms with E-state index in [0.29, 0.717) is 0 Å². The first-order valence-corrected chi connectivity index (χ1v) is 7.39. The van der Waals surface area contributed by atoms with E-state index < -0.39 is 0 Å². The predicted molar refractivity (Wildman–Crippen MR) is 84.9 cm³/mol. The van der Waals surface area contributed by atoms with Crippen molar-refractivity contribution in [1.29, 1.82) is 0 Å². The number of likely N-dealkylation sites (N-methyl/N-ethyl adjacent to an activating group) is 1. The van der Waals surface area contributed by atoms with Gasteiger partial charge < -0.3 is 20.1 Å². The second-order valence-corrected chi connectivity index (χ2v) is 6.01. The molecular weight excluding hydrogens is 266 g/mol. The molecule has 0 spiro atoms. The SMILES string of the molecule is COc1ccc(CC(C)(N)N2CCN(C)CC2)cc1OC. The van der Waals surface area contributed by atoms with Crippen LogP contribution in [0.15, 0.2) is 18.2 Å². The van der Waals surface area contributed by atoms with Gasteiger partial charge in [0.05, 0.1) is 19.9 Å². The number of nitrogens with zero attached hydrogens (tertiary/aromatic N) is 2. The van der Waals surface area contributed by atoms with Gasteiger partial charge in [0.25, 0.3) is 0 Å². The van der Waals surface area contributed by atoms with Gasteiger partial charge in [0.1, 0.15) is 0 Å². The number of methoxy groups -OCH3 is 2. The predicted octanol–water partition coefficient (Wildman–Crippen LogP) is 1.17. The fourth-order valence-corrected chi connectivity index (χ4v) is 2.83. The van der Waals surface area contributed by atoms with Crippen molar-refractivity contribution in [2.75, 3.05) is 47.4 Å². The molecule has 0 bridgehead atoms. The Hall–Kier alpha value is -1.30. The standard InChI is InChI=1S/C16H27N3O2/c1-16(17,19-9-7-18(2)8-10-19)12-13-5-6-14(20-3)15(11-13)21-4/h5-6,11H,7-10,12,17H2,1-4H3. The van der Waals surface area contributed by atoms with Crippen LogP contribution in [0.25, 0.3) is 0 Å². The van der Waals surface area contributed by atoms with E-state index in [-0.39, 0.29) is 5.66 Å². The highest BCUT2D eigenvalue weighted by Crippen LogP contribution is 2.29. The van der Waals surface area contributed by atoms with Gasteiger partial charge >= 0.3 is 0 Å². The van der Waals surface area contributed by atoms with Crippen molar-refractivity contribution >= 4 is 0 Å². The van der Waals surface area contributed by atoms with E-state index in [0.717, 1.165) is 49.7 Å². The van der Waals surface area contributed by atoms with E-state index in [2.05, 4.69) is 29.8 Å². The van der Waals surface area contributed by atoms with Crippen LogP contribution in [0.4, 0.5) is 0 Å². The van der Waals surface area contributed by atoms with E-state index in [4.69, 9.17) is 15.2 Å². The first-order chi connectivity index (χ1) is 9.96. The first-order valence-electron chi connectivity index (χ1n) is 7.39. The van der Waals surface area contributed by atoms with Crippen LogP contribution < -0.4 is 15.2 Å². The average Bonchev–Trinajstić information content (AvgIpc) is 2.47. The summed E-state index contributed by atoms with van der Waals surface area (Å²) < 4.78 is 10.6. The first kappa shape index (κ1) is 16.1. The van der Waals surface area contributed by atoms with E-state index in [9.17, 15) is 0 Å². The molecule has 118 valence electrons. The number of hydrogen-bond donors (Lipinski definition) is 1. The summed E-state index contributed by atoms with van der Waals surface area (Å²) in [6, 6.07) is 6.01. The molecule has 21 heavy (non-hydrogen) atoms. The quantitative estimate of drug-likeness (QED) is 0.883. The minimum Gasteiger partial charge on any atom is -0.493 e. The molecule has 1 fully saturated rings. The lowest BCUT2D eigenvalue weighted by molar-refractivity contribution is 0.0546. The molecule has 5 heteroatoms. The Bertz CT molecular complexity index is 469. The lowest BCUT2D eigenvalue weighted by Crippen LogP contribution is -2.60. The van der Waals surface area contributed by atoms with Gasteiger partial charge in [-0.1, -0.05) is 6.07 Å². The Balaban J connectivity index is 2.09. The molecule has 5 nitrogen and oxygen atoms in total. The minimum atomic E-state index is -0.346. The fraction of sp³-hybridized carbons (Fsp3) is 0.625. The van der Waals surface area contributed by atoms with Gasteiger partial charge in [0.2, 0.25) is 0 Å². The highest BCUT2D eigenvalue weighted by atomic mass is 16.5. The van der Waals surface area contributed by atoms with Gasteiger partial charge in [-0.2, -0.15) is 0 Å². The molecule has 1 heterocycles. The van der Waals surface area contributed by atoms with Crippen LogP contribution in [0.3, 0.4) is 0 Å². The third kappa shape index (κ3) is 3.87. The normalized spacial score (nSPS) is 20.0. The smallest absolute Gasteiger partial charge is 0.160 e. The van der Waals surface area contributed by atoms with Crippen molar-refractivity contribution in [3.63, 3.8) is 0 Å². The third-order valence-electron chi connectivity index (χ3n) is 4.24. The molecule has 0 aromatic heterocycles. The Morgan fingerprint density at radius 3 is 2.29 bits per heavy atom. The largest absolute Gasteiger partial charge is 0.493 e. The van der Waals surface area contributed by atoms with Gasteiger partial charge in [-0.05, 0) is 31.7 Å². The van der Waals surface area contributed by atoms with Crippen molar-refractivity contribution < 1.29 is 9.47 Å². The monoisotopic (exact) mass is 293 g/mol. The highest BCUT2D eigenvalue weighted by Gasteiger charge is 2.30. The number of piperazine rings is 1. The molecule has 1 atom stereocenters. The topological polar surface area (TPSA) is 51.0 Å². The summed E-state index contributed by atoms with van der Waals surface area (Å²) in [5.41, 5.74) is 7.38. The van der Waals surface area contributed by atoms with Crippen molar-refractivity contribution in [3.8, 4) is 11.5 Å². The molecule has 2 rings (SSSR count). The Morgan fingerprint density at radius 1 is 1.10 bits per heavy atom. The summed E-state index contributed by atoms with van der Waals surface area (Å²) in [6.07, 6.45) is 0.789. The molecule has 1 aromatic carbocycles. The number of ether oxygens (including phenoxy) is 2. The Morgan fingerprint density at radius 2 is 1.71 bits per heavy atom. The van der Waals surface area contributed by atoms with Crippen molar-refractivity contribution in [2.24, 2.45) is 5.73 Å². The minimum absolute atomic E-state index is 0.346. The number of benzene rings is 1. The molecule has 1 unspecified atom stereocenters. The lowest BCUT2D eigenvalue weighted by Gasteiger charge is -2.43. The van der Waals surface area contributed by atoms with Gasteiger partial charge in [-0.15, -0.1) is 0 Å². The van der Waals surface area contributed by atoms with Crippen LogP contribution in [0.5, 0.6) is 11.5 Å². The summed E-state index contributed by atoms with van der Waals surface area (Å²) in [6.45, 7) is 6.26. The van der Waals surface area contributed by atoms with E-state index in [1.54, 1.807) is 14.2 Å². The van der Waals surface area contributed by atoms with Crippen LogP contribution >= 0.6 is 0 Å². The highest BCUT2D eigenvalue weighted by molar-refractivity contribution is 5.43. The Labute approximate surface area is 127 Å². The number of hydrogen-bond acceptors (Lipinski definition) is 5. The van der Waals surface area contributed by atoms with Crippen LogP contribution in [0.1, 0.15) is 12.5 Å². The zero-order chi connectivity index (χ0) is 15.5. The summed E-state index contributed by atoms with van der Waals surface area (Å²) in [4.78, 5) is 4.70. The molecular formula is C16H27N3O2. The summed E-state index contributed by atoms with van der Waals surface area (Å²) >= 11 is 0. The van der Waals surface area contributed by atoms with Crippen LogP contribution in [-0.2, 0) is 6.42 Å². The van der Waals surface area contributed by atoms with Gasteiger partial charge in [0, 0.05) is 32.6 Å². The molecule has 0 radical (unpaired) electrons. The summed E-state index contributed by atoms with van der Waals surface area (Å²) in [5.74, 6) is 1.50. The number of nitrogens with two attached hydrogens (primary N) is 1. The second kappa shape index (κ2) is 6.64. The van der Waals surface area contributed by atoms with Gasteiger partial charge in [0.15, 0.2) is 11.5 Å². The van der Waals surface area contributed by atoms with E-state index in [1.165, 1.54) is 0 Å². The summed E-state index contributed by atoms with van der Waals surface area (Å²) in [5, 5.41) is 0. The molecule has 1 saturated heterocycles. The molecule has 0 saturated carbocycles. The van der Waals surface area contributed by atoms with E-state index >= 15 is 0 Å². The third-order valence-corrected chi connectivity index (χ3v) is 4.24.